The first kappa shape index (κ1) is 24.5. The number of nitrogens with zero attached hydrogens (tertiary/aromatic N) is 2. The van der Waals surface area contributed by atoms with Crippen molar-refractivity contribution in [3.05, 3.63) is 50.2 Å². The van der Waals surface area contributed by atoms with Crippen molar-refractivity contribution in [3.63, 3.8) is 0 Å². The van der Waals surface area contributed by atoms with E-state index in [4.69, 9.17) is 21.1 Å². The molecule has 1 atom stereocenters. The van der Waals surface area contributed by atoms with Gasteiger partial charge in [-0.25, -0.2) is 0 Å². The zero-order valence-electron chi connectivity index (χ0n) is 20.0. The van der Waals surface area contributed by atoms with Crippen LogP contribution in [0.5, 0.6) is 5.75 Å². The van der Waals surface area contributed by atoms with E-state index in [1.54, 1.807) is 0 Å². The van der Waals surface area contributed by atoms with E-state index in [2.05, 4.69) is 24.8 Å². The Labute approximate surface area is 206 Å². The number of carbonyl (C=O) groups excluding carboxylic acids is 1. The summed E-state index contributed by atoms with van der Waals surface area (Å²) in [5.41, 5.74) is 2.20. The summed E-state index contributed by atoms with van der Waals surface area (Å²) < 4.78 is 11.8. The van der Waals surface area contributed by atoms with Crippen LogP contribution in [-0.4, -0.2) is 61.7 Å². The van der Waals surface area contributed by atoms with Gasteiger partial charge in [0.2, 0.25) is 5.91 Å². The lowest BCUT2D eigenvalue weighted by Crippen LogP contribution is -2.50. The van der Waals surface area contributed by atoms with Crippen molar-refractivity contribution in [2.45, 2.75) is 46.6 Å². The molecule has 180 valence electrons. The van der Waals surface area contributed by atoms with Crippen LogP contribution in [0.2, 0.25) is 5.02 Å². The average molecular weight is 491 g/mol. The summed E-state index contributed by atoms with van der Waals surface area (Å²) in [7, 11) is 0. The van der Waals surface area contributed by atoms with Crippen molar-refractivity contribution >= 4 is 28.8 Å². The van der Waals surface area contributed by atoms with Crippen molar-refractivity contribution in [2.24, 2.45) is 5.41 Å². The summed E-state index contributed by atoms with van der Waals surface area (Å²) in [5, 5.41) is 0.741. The van der Waals surface area contributed by atoms with E-state index in [0.717, 1.165) is 48.8 Å². The second-order valence-corrected chi connectivity index (χ2v) is 11.5. The fourth-order valence-corrected chi connectivity index (χ4v) is 6.08. The van der Waals surface area contributed by atoms with Gasteiger partial charge in [0.1, 0.15) is 5.75 Å². The van der Waals surface area contributed by atoms with E-state index in [1.807, 2.05) is 41.4 Å². The number of carbonyl (C=O) groups is 1. The van der Waals surface area contributed by atoms with Gasteiger partial charge in [0.15, 0.2) is 0 Å². The summed E-state index contributed by atoms with van der Waals surface area (Å²) in [4.78, 5) is 20.5. The molecule has 4 rings (SSSR count). The molecule has 0 spiro atoms. The third kappa shape index (κ3) is 6.30. The molecule has 1 aromatic carbocycles. The van der Waals surface area contributed by atoms with E-state index >= 15 is 0 Å². The number of thiophene rings is 1. The third-order valence-corrected chi connectivity index (χ3v) is 8.27. The Morgan fingerprint density at radius 1 is 1.18 bits per heavy atom. The molecule has 0 aliphatic carbocycles. The first-order valence-corrected chi connectivity index (χ1v) is 13.1. The SMILES string of the molecule is Cc1cc(CN2CCCC(COc3ccc(Cl)c(C)c3)(CC(=O)N3CCOCC3)C2)c(C)s1. The number of aryl methyl sites for hydroxylation is 3. The number of likely N-dealkylation sites (tertiary alicyclic amines) is 1. The molecule has 2 aliphatic heterocycles. The highest BCUT2D eigenvalue weighted by atomic mass is 35.5. The van der Waals surface area contributed by atoms with E-state index in [9.17, 15) is 4.79 Å². The number of rotatable bonds is 7. The van der Waals surface area contributed by atoms with Crippen LogP contribution >= 0.6 is 22.9 Å². The molecule has 2 saturated heterocycles. The van der Waals surface area contributed by atoms with Gasteiger partial charge in [-0.15, -0.1) is 11.3 Å². The lowest BCUT2D eigenvalue weighted by molar-refractivity contribution is -0.139. The van der Waals surface area contributed by atoms with Crippen LogP contribution in [-0.2, 0) is 16.1 Å². The minimum Gasteiger partial charge on any atom is -0.493 e. The lowest BCUT2D eigenvalue weighted by atomic mass is 9.77. The van der Waals surface area contributed by atoms with Crippen LogP contribution in [0.3, 0.4) is 0 Å². The Kier molecular flexibility index (Phi) is 8.00. The van der Waals surface area contributed by atoms with Gasteiger partial charge < -0.3 is 14.4 Å². The topological polar surface area (TPSA) is 42.0 Å². The average Bonchev–Trinajstić information content (AvgIpc) is 3.12. The minimum absolute atomic E-state index is 0.208. The van der Waals surface area contributed by atoms with E-state index in [1.165, 1.54) is 15.3 Å². The molecule has 2 aliphatic rings. The zero-order valence-corrected chi connectivity index (χ0v) is 21.6. The maximum atomic E-state index is 13.3. The van der Waals surface area contributed by atoms with Gasteiger partial charge in [-0.05, 0) is 75.5 Å². The van der Waals surface area contributed by atoms with Crippen LogP contribution in [0, 0.1) is 26.2 Å². The summed E-state index contributed by atoms with van der Waals surface area (Å²) in [6.45, 7) is 12.4. The van der Waals surface area contributed by atoms with Gasteiger partial charge in [0, 0.05) is 52.8 Å². The molecule has 1 amide bonds. The highest BCUT2D eigenvalue weighted by molar-refractivity contribution is 7.12. The Balaban J connectivity index is 1.50. The van der Waals surface area contributed by atoms with Crippen molar-refractivity contribution in [2.75, 3.05) is 46.0 Å². The molecule has 5 nitrogen and oxygen atoms in total. The molecule has 0 bridgehead atoms. The van der Waals surface area contributed by atoms with Crippen LogP contribution in [0.1, 0.15) is 40.1 Å². The number of ether oxygens (including phenoxy) is 2. The Hall–Kier alpha value is -1.60. The zero-order chi connectivity index (χ0) is 23.4. The van der Waals surface area contributed by atoms with Crippen molar-refractivity contribution in [3.8, 4) is 5.75 Å². The Bertz CT molecular complexity index is 972. The molecule has 0 N–H and O–H groups in total. The first-order valence-electron chi connectivity index (χ1n) is 11.9. The molecule has 0 radical (unpaired) electrons. The van der Waals surface area contributed by atoms with E-state index < -0.39 is 0 Å². The number of morpholine rings is 1. The Morgan fingerprint density at radius 2 is 1.97 bits per heavy atom. The van der Waals surface area contributed by atoms with Gasteiger partial charge in [-0.2, -0.15) is 0 Å². The lowest BCUT2D eigenvalue weighted by Gasteiger charge is -2.43. The van der Waals surface area contributed by atoms with Crippen LogP contribution in [0.25, 0.3) is 0 Å². The van der Waals surface area contributed by atoms with Crippen LogP contribution in [0.15, 0.2) is 24.3 Å². The van der Waals surface area contributed by atoms with Gasteiger partial charge >= 0.3 is 0 Å². The molecular weight excluding hydrogens is 456 g/mol. The maximum absolute atomic E-state index is 13.3. The first-order chi connectivity index (χ1) is 15.8. The molecule has 3 heterocycles. The number of halogens is 1. The maximum Gasteiger partial charge on any atom is 0.223 e. The van der Waals surface area contributed by atoms with Gasteiger partial charge in [-0.1, -0.05) is 11.6 Å². The molecule has 7 heteroatoms. The molecule has 1 aromatic heterocycles. The fourth-order valence-electron chi connectivity index (χ4n) is 5.03. The van der Waals surface area contributed by atoms with Crippen molar-refractivity contribution in [1.29, 1.82) is 0 Å². The largest absolute Gasteiger partial charge is 0.493 e. The summed E-state index contributed by atoms with van der Waals surface area (Å²) in [6.07, 6.45) is 2.58. The van der Waals surface area contributed by atoms with Gasteiger partial charge in [0.25, 0.3) is 0 Å². The third-order valence-electron chi connectivity index (χ3n) is 6.84. The molecule has 2 fully saturated rings. The number of benzene rings is 1. The van der Waals surface area contributed by atoms with Gasteiger partial charge in [0.05, 0.1) is 19.8 Å². The van der Waals surface area contributed by atoms with Crippen molar-refractivity contribution < 1.29 is 14.3 Å². The number of piperidine rings is 1. The molecule has 0 saturated carbocycles. The van der Waals surface area contributed by atoms with E-state index in [0.29, 0.717) is 39.3 Å². The highest BCUT2D eigenvalue weighted by Gasteiger charge is 2.40. The quantitative estimate of drug-likeness (QED) is 0.532. The second kappa shape index (κ2) is 10.8. The highest BCUT2D eigenvalue weighted by Crippen LogP contribution is 2.37. The smallest absolute Gasteiger partial charge is 0.223 e. The standard InChI is InChI=1S/C26H35ClN2O3S/c1-19-13-23(5-6-24(19)27)32-18-26(15-25(30)29-9-11-31-12-10-29)7-4-8-28(17-26)16-22-14-20(2)33-21(22)3/h5-6,13-14H,4,7-12,15-18H2,1-3H3. The predicted octanol–water partition coefficient (Wildman–Crippen LogP) is 5.24. The van der Waals surface area contributed by atoms with Crippen LogP contribution < -0.4 is 4.74 Å². The molecule has 33 heavy (non-hydrogen) atoms. The molecular formula is C26H35ClN2O3S. The fraction of sp³-hybridized carbons (Fsp3) is 0.577. The second-order valence-electron chi connectivity index (χ2n) is 9.62. The van der Waals surface area contributed by atoms with Gasteiger partial charge in [-0.3, -0.25) is 9.69 Å². The molecule has 2 aromatic rings. The monoisotopic (exact) mass is 490 g/mol. The number of hydrogen-bond acceptors (Lipinski definition) is 5. The van der Waals surface area contributed by atoms with E-state index in [-0.39, 0.29) is 11.3 Å². The van der Waals surface area contributed by atoms with Crippen molar-refractivity contribution in [1.82, 2.24) is 9.80 Å². The Morgan fingerprint density at radius 3 is 2.67 bits per heavy atom. The number of amides is 1. The van der Waals surface area contributed by atoms with Crippen LogP contribution in [0.4, 0.5) is 0 Å². The number of hydrogen-bond donors (Lipinski definition) is 0. The normalized spacial score (nSPS) is 21.9. The summed E-state index contributed by atoms with van der Waals surface area (Å²) >= 11 is 8.06. The molecule has 1 unspecified atom stereocenters. The minimum atomic E-state index is -0.208. The summed E-state index contributed by atoms with van der Waals surface area (Å²) in [6, 6.07) is 8.09. The predicted molar refractivity (Wildman–Crippen MR) is 134 cm³/mol. The summed E-state index contributed by atoms with van der Waals surface area (Å²) in [5.74, 6) is 1.04.